The second-order valence-corrected chi connectivity index (χ2v) is 8.74. The molecule has 0 unspecified atom stereocenters. The molecule has 0 fully saturated rings. The summed E-state index contributed by atoms with van der Waals surface area (Å²) in [5, 5.41) is 41.3. The molecular formula is C27H30N2O3. The minimum Gasteiger partial charge on any atom is -0.507 e. The molecule has 5 nitrogen and oxygen atoms in total. The number of nitriles is 1. The fourth-order valence-corrected chi connectivity index (χ4v) is 4.27. The SMILES string of the molecule is Cc1cc(C)c(O)c(CN(Cc2cc(C)cc(C)c2O)Cc2cc(C#N)cc(C)c2O)c1. The zero-order valence-electron chi connectivity index (χ0n) is 19.3. The Bertz CT molecular complexity index is 1150. The lowest BCUT2D eigenvalue weighted by molar-refractivity contribution is 0.237. The van der Waals surface area contributed by atoms with Gasteiger partial charge in [0.05, 0.1) is 11.6 Å². The maximum atomic E-state index is 10.7. The molecule has 0 atom stereocenters. The predicted molar refractivity (Wildman–Crippen MR) is 126 cm³/mol. The van der Waals surface area contributed by atoms with Crippen LogP contribution in [-0.2, 0) is 19.6 Å². The van der Waals surface area contributed by atoms with Crippen LogP contribution in [0.5, 0.6) is 17.2 Å². The first-order valence-electron chi connectivity index (χ1n) is 10.6. The molecule has 0 saturated heterocycles. The van der Waals surface area contributed by atoms with E-state index in [-0.39, 0.29) is 17.2 Å². The van der Waals surface area contributed by atoms with Crippen LogP contribution in [0.2, 0.25) is 0 Å². The molecule has 5 heteroatoms. The summed E-state index contributed by atoms with van der Waals surface area (Å²) in [6.07, 6.45) is 0. The molecule has 0 bridgehead atoms. The topological polar surface area (TPSA) is 87.7 Å². The van der Waals surface area contributed by atoms with E-state index in [1.54, 1.807) is 19.1 Å². The van der Waals surface area contributed by atoms with E-state index in [9.17, 15) is 20.6 Å². The molecule has 3 aromatic carbocycles. The van der Waals surface area contributed by atoms with Gasteiger partial charge >= 0.3 is 0 Å². The highest BCUT2D eigenvalue weighted by Gasteiger charge is 2.18. The van der Waals surface area contributed by atoms with E-state index in [1.165, 1.54) is 0 Å². The van der Waals surface area contributed by atoms with Crippen molar-refractivity contribution in [1.29, 1.82) is 5.26 Å². The third-order valence-electron chi connectivity index (χ3n) is 5.74. The second kappa shape index (κ2) is 9.33. The zero-order valence-corrected chi connectivity index (χ0v) is 19.3. The van der Waals surface area contributed by atoms with Gasteiger partial charge in [0.1, 0.15) is 17.2 Å². The maximum absolute atomic E-state index is 10.7. The summed E-state index contributed by atoms with van der Waals surface area (Å²) in [5.74, 6) is 0.649. The number of phenolic OH excluding ortho intramolecular Hbond substituents is 3. The van der Waals surface area contributed by atoms with Crippen LogP contribution in [0.4, 0.5) is 0 Å². The van der Waals surface area contributed by atoms with E-state index in [4.69, 9.17) is 0 Å². The summed E-state index contributed by atoms with van der Waals surface area (Å²) in [7, 11) is 0. The van der Waals surface area contributed by atoms with Gasteiger partial charge in [-0.2, -0.15) is 5.26 Å². The molecule has 0 heterocycles. The number of phenols is 3. The van der Waals surface area contributed by atoms with Gasteiger partial charge in [0, 0.05) is 36.3 Å². The van der Waals surface area contributed by atoms with Crippen molar-refractivity contribution < 1.29 is 15.3 Å². The number of benzene rings is 3. The first-order chi connectivity index (χ1) is 15.1. The second-order valence-electron chi connectivity index (χ2n) is 8.74. The molecule has 3 rings (SSSR count). The number of aromatic hydroxyl groups is 3. The van der Waals surface area contributed by atoms with E-state index in [2.05, 4.69) is 11.0 Å². The number of hydrogen-bond donors (Lipinski definition) is 3. The van der Waals surface area contributed by atoms with Crippen LogP contribution in [0, 0.1) is 45.9 Å². The molecule has 3 N–H and O–H groups in total. The van der Waals surface area contributed by atoms with E-state index in [0.29, 0.717) is 36.3 Å². The summed E-state index contributed by atoms with van der Waals surface area (Å²) >= 11 is 0. The number of hydrogen-bond acceptors (Lipinski definition) is 5. The highest BCUT2D eigenvalue weighted by Crippen LogP contribution is 2.31. The van der Waals surface area contributed by atoms with Gasteiger partial charge in [0.15, 0.2) is 0 Å². The van der Waals surface area contributed by atoms with Crippen molar-refractivity contribution in [2.45, 2.75) is 54.3 Å². The molecular weight excluding hydrogens is 400 g/mol. The molecule has 32 heavy (non-hydrogen) atoms. The molecule has 0 amide bonds. The van der Waals surface area contributed by atoms with Crippen molar-refractivity contribution in [2.75, 3.05) is 0 Å². The van der Waals surface area contributed by atoms with Gasteiger partial charge in [-0.1, -0.05) is 35.4 Å². The van der Waals surface area contributed by atoms with E-state index in [1.807, 2.05) is 52.0 Å². The molecule has 3 aromatic rings. The van der Waals surface area contributed by atoms with Crippen molar-refractivity contribution in [2.24, 2.45) is 0 Å². The van der Waals surface area contributed by atoms with Crippen molar-refractivity contribution in [3.63, 3.8) is 0 Å². The Morgan fingerprint density at radius 2 is 1.00 bits per heavy atom. The van der Waals surface area contributed by atoms with Crippen molar-refractivity contribution in [1.82, 2.24) is 4.90 Å². The summed E-state index contributed by atoms with van der Waals surface area (Å²) in [5.41, 5.74) is 7.02. The minimum atomic E-state index is 0.156. The Labute approximate surface area is 189 Å². The lowest BCUT2D eigenvalue weighted by Gasteiger charge is -2.25. The molecule has 0 aliphatic rings. The van der Waals surface area contributed by atoms with Gasteiger partial charge in [0.2, 0.25) is 0 Å². The van der Waals surface area contributed by atoms with Gasteiger partial charge in [-0.15, -0.1) is 0 Å². The average molecular weight is 431 g/mol. The fourth-order valence-electron chi connectivity index (χ4n) is 4.27. The maximum Gasteiger partial charge on any atom is 0.123 e. The van der Waals surface area contributed by atoms with Crippen LogP contribution in [0.25, 0.3) is 0 Å². The third-order valence-corrected chi connectivity index (χ3v) is 5.74. The third kappa shape index (κ3) is 5.04. The average Bonchev–Trinajstić information content (AvgIpc) is 2.72. The Morgan fingerprint density at radius 3 is 1.41 bits per heavy atom. The van der Waals surface area contributed by atoms with Crippen LogP contribution < -0.4 is 0 Å². The summed E-state index contributed by atoms with van der Waals surface area (Å²) in [6, 6.07) is 13.3. The van der Waals surface area contributed by atoms with E-state index in [0.717, 1.165) is 33.4 Å². The summed E-state index contributed by atoms with van der Waals surface area (Å²) in [6.45, 7) is 10.7. The van der Waals surface area contributed by atoms with Gasteiger partial charge in [-0.25, -0.2) is 0 Å². The zero-order chi connectivity index (χ0) is 23.6. The smallest absolute Gasteiger partial charge is 0.123 e. The highest BCUT2D eigenvalue weighted by molar-refractivity contribution is 5.48. The Balaban J connectivity index is 2.04. The van der Waals surface area contributed by atoms with Gasteiger partial charge in [-0.05, 0) is 63.4 Å². The Kier molecular flexibility index (Phi) is 6.76. The molecule has 0 aliphatic carbocycles. The molecule has 0 spiro atoms. The molecule has 0 aliphatic heterocycles. The number of nitrogens with zero attached hydrogens (tertiary/aromatic N) is 2. The van der Waals surface area contributed by atoms with Crippen molar-refractivity contribution in [3.8, 4) is 23.3 Å². The largest absolute Gasteiger partial charge is 0.507 e. The highest BCUT2D eigenvalue weighted by atomic mass is 16.3. The first-order valence-corrected chi connectivity index (χ1v) is 10.6. The number of aryl methyl sites for hydroxylation is 5. The standard InChI is InChI=1S/C27H30N2O3/c1-16-6-18(3)25(30)22(8-16)13-29(14-23-9-17(2)7-19(4)26(23)31)15-24-11-21(12-28)10-20(5)27(24)32/h6-11,30-32H,13-15H2,1-5H3. The van der Waals surface area contributed by atoms with E-state index < -0.39 is 0 Å². The molecule has 166 valence electrons. The summed E-state index contributed by atoms with van der Waals surface area (Å²) in [4.78, 5) is 2.05. The number of rotatable bonds is 6. The van der Waals surface area contributed by atoms with Gasteiger partial charge in [-0.3, -0.25) is 4.90 Å². The Morgan fingerprint density at radius 1 is 0.625 bits per heavy atom. The van der Waals surface area contributed by atoms with Crippen molar-refractivity contribution in [3.05, 3.63) is 86.5 Å². The Hall–Kier alpha value is -3.49. The van der Waals surface area contributed by atoms with Gasteiger partial charge < -0.3 is 15.3 Å². The monoisotopic (exact) mass is 430 g/mol. The minimum absolute atomic E-state index is 0.156. The van der Waals surface area contributed by atoms with Crippen LogP contribution in [0.3, 0.4) is 0 Å². The lowest BCUT2D eigenvalue weighted by Crippen LogP contribution is -2.23. The van der Waals surface area contributed by atoms with Crippen LogP contribution >= 0.6 is 0 Å². The van der Waals surface area contributed by atoms with Crippen LogP contribution in [0.15, 0.2) is 36.4 Å². The summed E-state index contributed by atoms with van der Waals surface area (Å²) < 4.78 is 0. The predicted octanol–water partition coefficient (Wildman–Crippen LogP) is 5.42. The molecule has 0 saturated carbocycles. The fraction of sp³-hybridized carbons (Fsp3) is 0.296. The quantitative estimate of drug-likeness (QED) is 0.486. The van der Waals surface area contributed by atoms with Gasteiger partial charge in [0.25, 0.3) is 0 Å². The van der Waals surface area contributed by atoms with Crippen molar-refractivity contribution >= 4 is 0 Å². The van der Waals surface area contributed by atoms with Crippen LogP contribution in [0.1, 0.15) is 50.1 Å². The molecule has 0 radical (unpaired) electrons. The molecule has 0 aromatic heterocycles. The normalized spacial score (nSPS) is 11.0. The first kappa shape index (κ1) is 23.2. The lowest BCUT2D eigenvalue weighted by atomic mass is 10.0. The van der Waals surface area contributed by atoms with E-state index >= 15 is 0 Å². The van der Waals surface area contributed by atoms with Crippen LogP contribution in [-0.4, -0.2) is 20.2 Å².